The molecular formula is C25H35NO4. The van der Waals surface area contributed by atoms with E-state index in [4.69, 9.17) is 0 Å². The monoisotopic (exact) mass is 413 g/mol. The van der Waals surface area contributed by atoms with Crippen molar-refractivity contribution in [1.29, 1.82) is 0 Å². The fourth-order valence-corrected chi connectivity index (χ4v) is 3.48. The zero-order chi connectivity index (χ0) is 22.5. The first kappa shape index (κ1) is 24.2. The Bertz CT molecular complexity index is 849. The molecule has 0 bridgehead atoms. The van der Waals surface area contributed by atoms with Crippen LogP contribution in [0.2, 0.25) is 0 Å². The molecule has 0 aliphatic heterocycles. The fraction of sp³-hybridized carbons (Fsp3) is 0.480. The Hall–Kier alpha value is -2.05. The molecule has 0 radical (unpaired) electrons. The molecule has 30 heavy (non-hydrogen) atoms. The normalized spacial score (nSPS) is 13.5. The van der Waals surface area contributed by atoms with Crippen LogP contribution in [0.4, 0.5) is 0 Å². The second kappa shape index (κ2) is 9.84. The Morgan fingerprint density at radius 2 is 1.53 bits per heavy atom. The number of benzene rings is 2. The van der Waals surface area contributed by atoms with Gasteiger partial charge in [0, 0.05) is 18.7 Å². The Balaban J connectivity index is 2.19. The second-order valence-corrected chi connectivity index (χ2v) is 9.10. The molecule has 3 N–H and O–H groups in total. The maximum atomic E-state index is 12.4. The molecule has 0 spiro atoms. The third-order valence-corrected chi connectivity index (χ3v) is 5.03. The highest BCUT2D eigenvalue weighted by atomic mass is 16.3. The number of ketones is 1. The van der Waals surface area contributed by atoms with Crippen LogP contribution in [0.1, 0.15) is 74.2 Å². The lowest BCUT2D eigenvalue weighted by Crippen LogP contribution is -2.31. The van der Waals surface area contributed by atoms with Crippen molar-refractivity contribution in [1.82, 2.24) is 4.90 Å². The number of Topliss-reactive ketones (excluding diaryl/α,β-unsaturated/α-hetero) is 1. The maximum Gasteiger partial charge on any atom is 0.193 e. The molecule has 0 aromatic heterocycles. The third kappa shape index (κ3) is 6.74. The molecule has 0 fully saturated rings. The summed E-state index contributed by atoms with van der Waals surface area (Å²) < 4.78 is 0. The Morgan fingerprint density at radius 1 is 0.967 bits per heavy atom. The Kier molecular flexibility index (Phi) is 7.94. The van der Waals surface area contributed by atoms with Crippen LogP contribution >= 0.6 is 0 Å². The van der Waals surface area contributed by atoms with Crippen molar-refractivity contribution in [2.45, 2.75) is 71.4 Å². The van der Waals surface area contributed by atoms with Gasteiger partial charge in [-0.2, -0.15) is 0 Å². The van der Waals surface area contributed by atoms with Gasteiger partial charge in [0.1, 0.15) is 11.7 Å². The predicted octanol–water partition coefficient (Wildman–Crippen LogP) is 3.86. The van der Waals surface area contributed by atoms with Gasteiger partial charge in [-0.3, -0.25) is 9.69 Å². The average Bonchev–Trinajstić information content (AvgIpc) is 2.66. The highest BCUT2D eigenvalue weighted by Crippen LogP contribution is 2.26. The number of nitrogens with zero attached hydrogens (tertiary/aromatic N) is 1. The van der Waals surface area contributed by atoms with Gasteiger partial charge in [0.25, 0.3) is 0 Å². The number of carbonyl (C=O) groups is 1. The van der Waals surface area contributed by atoms with Crippen LogP contribution in [0.3, 0.4) is 0 Å². The van der Waals surface area contributed by atoms with Gasteiger partial charge in [0.2, 0.25) is 0 Å². The lowest BCUT2D eigenvalue weighted by Gasteiger charge is -2.26. The molecule has 0 aliphatic rings. The molecule has 0 heterocycles. The number of rotatable bonds is 10. The molecule has 164 valence electrons. The van der Waals surface area contributed by atoms with E-state index in [9.17, 15) is 20.1 Å². The van der Waals surface area contributed by atoms with Crippen LogP contribution in [-0.2, 0) is 13.1 Å². The van der Waals surface area contributed by atoms with Crippen molar-refractivity contribution in [2.75, 3.05) is 6.54 Å². The summed E-state index contributed by atoms with van der Waals surface area (Å²) in [5, 5.41) is 30.5. The number of hydrogen-bond donors (Lipinski definition) is 3. The first-order valence-corrected chi connectivity index (χ1v) is 10.5. The molecule has 0 aliphatic carbocycles. The van der Waals surface area contributed by atoms with Crippen molar-refractivity contribution in [2.24, 2.45) is 0 Å². The van der Waals surface area contributed by atoms with Crippen LogP contribution in [0.5, 0.6) is 0 Å². The van der Waals surface area contributed by atoms with E-state index in [2.05, 4.69) is 11.8 Å². The molecule has 2 aromatic rings. The average molecular weight is 414 g/mol. The summed E-state index contributed by atoms with van der Waals surface area (Å²) in [6.07, 6.45) is 0.0236. The molecule has 5 heteroatoms. The summed E-state index contributed by atoms with van der Waals surface area (Å²) in [5.74, 6) is -0.292. The van der Waals surface area contributed by atoms with Gasteiger partial charge in [-0.15, -0.1) is 0 Å². The van der Waals surface area contributed by atoms with Gasteiger partial charge in [-0.05, 0) is 63.4 Å². The number of hydrogen-bond acceptors (Lipinski definition) is 5. The van der Waals surface area contributed by atoms with Crippen molar-refractivity contribution in [3.8, 4) is 0 Å². The lowest BCUT2D eigenvalue weighted by molar-refractivity contribution is -0.0497. The quantitative estimate of drug-likeness (QED) is 0.516. The Morgan fingerprint density at radius 3 is 2.07 bits per heavy atom. The van der Waals surface area contributed by atoms with Crippen LogP contribution in [0, 0.1) is 0 Å². The second-order valence-electron chi connectivity index (χ2n) is 9.10. The summed E-state index contributed by atoms with van der Waals surface area (Å²) in [5.41, 5.74) is 0.638. The van der Waals surface area contributed by atoms with Gasteiger partial charge < -0.3 is 15.3 Å². The summed E-state index contributed by atoms with van der Waals surface area (Å²) in [4.78, 5) is 14.7. The van der Waals surface area contributed by atoms with E-state index in [1.807, 2.05) is 42.5 Å². The van der Waals surface area contributed by atoms with Crippen molar-refractivity contribution in [3.05, 3.63) is 70.8 Å². The van der Waals surface area contributed by atoms with Gasteiger partial charge in [0.05, 0.1) is 5.60 Å². The highest BCUT2D eigenvalue weighted by molar-refractivity contribution is 6.01. The lowest BCUT2D eigenvalue weighted by atomic mass is 9.93. The molecule has 2 rings (SSSR count). The molecule has 2 aromatic carbocycles. The summed E-state index contributed by atoms with van der Waals surface area (Å²) in [7, 11) is 0. The zero-order valence-electron chi connectivity index (χ0n) is 18.7. The molecule has 0 amide bonds. The smallest absolute Gasteiger partial charge is 0.193 e. The predicted molar refractivity (Wildman–Crippen MR) is 119 cm³/mol. The molecule has 0 saturated heterocycles. The van der Waals surface area contributed by atoms with E-state index in [-0.39, 0.29) is 5.78 Å². The first-order valence-electron chi connectivity index (χ1n) is 10.5. The minimum atomic E-state index is -1.40. The summed E-state index contributed by atoms with van der Waals surface area (Å²) in [6, 6.07) is 15.1. The molecular weight excluding hydrogens is 378 g/mol. The van der Waals surface area contributed by atoms with Crippen LogP contribution in [0.15, 0.2) is 48.5 Å². The summed E-state index contributed by atoms with van der Waals surface area (Å²) in [6.45, 7) is 10.5. The van der Waals surface area contributed by atoms with E-state index in [1.165, 1.54) is 13.8 Å². The van der Waals surface area contributed by atoms with Crippen LogP contribution in [0.25, 0.3) is 0 Å². The van der Waals surface area contributed by atoms with Crippen molar-refractivity contribution in [3.63, 3.8) is 0 Å². The minimum absolute atomic E-state index is 0.292. The maximum absolute atomic E-state index is 12.4. The zero-order valence-corrected chi connectivity index (χ0v) is 18.7. The Labute approximate surface area is 180 Å². The van der Waals surface area contributed by atoms with E-state index in [0.717, 1.165) is 24.1 Å². The number of aliphatic hydroxyl groups excluding tert-OH is 1. The molecule has 5 nitrogen and oxygen atoms in total. The molecule has 1 atom stereocenters. The highest BCUT2D eigenvalue weighted by Gasteiger charge is 2.27. The topological polar surface area (TPSA) is 81.0 Å². The van der Waals surface area contributed by atoms with Crippen molar-refractivity contribution >= 4 is 5.78 Å². The molecule has 1 unspecified atom stereocenters. The largest absolute Gasteiger partial charge is 0.387 e. The van der Waals surface area contributed by atoms with Gasteiger partial charge in [0.15, 0.2) is 5.78 Å². The van der Waals surface area contributed by atoms with Crippen LogP contribution in [-0.4, -0.2) is 43.7 Å². The summed E-state index contributed by atoms with van der Waals surface area (Å²) >= 11 is 0. The molecule has 0 saturated carbocycles. The van der Waals surface area contributed by atoms with Gasteiger partial charge in [-0.1, -0.05) is 49.4 Å². The standard InChI is InChI=1S/C25H35NO4/c1-6-13-26(16-18-9-7-11-20(14-18)22(27)24(2,3)29)17-19-10-8-12-21(15-19)23(28)25(4,5)30/h7-12,14-15,22,27,29-30H,6,13,16-17H2,1-5H3. The fourth-order valence-electron chi connectivity index (χ4n) is 3.48. The van der Waals surface area contributed by atoms with Gasteiger partial charge in [-0.25, -0.2) is 0 Å². The van der Waals surface area contributed by atoms with Crippen LogP contribution < -0.4 is 0 Å². The minimum Gasteiger partial charge on any atom is -0.387 e. The number of aliphatic hydroxyl groups is 3. The number of carbonyl (C=O) groups excluding carboxylic acids is 1. The van der Waals surface area contributed by atoms with E-state index >= 15 is 0 Å². The SMILES string of the molecule is CCCN(Cc1cccc(C(=O)C(C)(C)O)c1)Cc1cccc(C(O)C(C)(C)O)c1. The van der Waals surface area contributed by atoms with E-state index < -0.39 is 17.3 Å². The van der Waals surface area contributed by atoms with Gasteiger partial charge >= 0.3 is 0 Å². The van der Waals surface area contributed by atoms with Crippen molar-refractivity contribution < 1.29 is 20.1 Å². The van der Waals surface area contributed by atoms with E-state index in [0.29, 0.717) is 24.2 Å². The van der Waals surface area contributed by atoms with E-state index in [1.54, 1.807) is 19.9 Å². The third-order valence-electron chi connectivity index (χ3n) is 5.03. The first-order chi connectivity index (χ1) is 13.9.